The summed E-state index contributed by atoms with van der Waals surface area (Å²) in [5, 5.41) is 0. The van der Waals surface area contributed by atoms with Crippen LogP contribution >= 0.6 is 0 Å². The molecule has 20 heavy (non-hydrogen) atoms. The van der Waals surface area contributed by atoms with E-state index in [-0.39, 0.29) is 11.7 Å². The SMILES string of the molecule is Cc1ncccc1C(=O)CC1CCCN(S(C)(=O)=O)C1. The minimum Gasteiger partial charge on any atom is -0.294 e. The standard InChI is InChI=1S/C14H20N2O3S/c1-11-13(6-3-7-15-11)14(17)9-12-5-4-8-16(10-12)20(2,18)19/h3,6-7,12H,4-5,8-10H2,1-2H3. The van der Waals surface area contributed by atoms with Gasteiger partial charge in [-0.15, -0.1) is 0 Å². The van der Waals surface area contributed by atoms with Crippen LogP contribution in [0.1, 0.15) is 35.3 Å². The number of nitrogens with zero attached hydrogens (tertiary/aromatic N) is 2. The second kappa shape index (κ2) is 6.01. The van der Waals surface area contributed by atoms with Crippen LogP contribution in [0.5, 0.6) is 0 Å². The molecule has 0 aromatic carbocycles. The van der Waals surface area contributed by atoms with Gasteiger partial charge < -0.3 is 0 Å². The number of ketones is 1. The van der Waals surface area contributed by atoms with Gasteiger partial charge in [0.1, 0.15) is 0 Å². The minimum atomic E-state index is -3.16. The van der Waals surface area contributed by atoms with Crippen molar-refractivity contribution in [1.29, 1.82) is 0 Å². The number of hydrogen-bond donors (Lipinski definition) is 0. The lowest BCUT2D eigenvalue weighted by molar-refractivity contribution is 0.0941. The van der Waals surface area contributed by atoms with Crippen LogP contribution < -0.4 is 0 Å². The van der Waals surface area contributed by atoms with E-state index in [9.17, 15) is 13.2 Å². The van der Waals surface area contributed by atoms with Gasteiger partial charge in [0.2, 0.25) is 10.0 Å². The number of piperidine rings is 1. The molecular weight excluding hydrogens is 276 g/mol. The summed E-state index contributed by atoms with van der Waals surface area (Å²) in [5.41, 5.74) is 1.37. The molecule has 1 atom stereocenters. The summed E-state index contributed by atoms with van der Waals surface area (Å²) in [6.45, 7) is 2.83. The first-order valence-corrected chi connectivity index (χ1v) is 8.62. The van der Waals surface area contributed by atoms with Crippen LogP contribution in [0.4, 0.5) is 0 Å². The van der Waals surface area contributed by atoms with E-state index in [4.69, 9.17) is 0 Å². The van der Waals surface area contributed by atoms with Gasteiger partial charge in [-0.2, -0.15) is 0 Å². The second-order valence-corrected chi connectivity index (χ2v) is 7.38. The summed E-state index contributed by atoms with van der Waals surface area (Å²) in [7, 11) is -3.16. The lowest BCUT2D eigenvalue weighted by atomic mass is 9.91. The van der Waals surface area contributed by atoms with Crippen molar-refractivity contribution in [3.8, 4) is 0 Å². The Morgan fingerprint density at radius 1 is 1.50 bits per heavy atom. The van der Waals surface area contributed by atoms with E-state index in [1.165, 1.54) is 10.6 Å². The highest BCUT2D eigenvalue weighted by atomic mass is 32.2. The molecule has 1 aliphatic rings. The number of aromatic nitrogens is 1. The van der Waals surface area contributed by atoms with E-state index in [1.807, 2.05) is 6.92 Å². The molecule has 6 heteroatoms. The van der Waals surface area contributed by atoms with E-state index < -0.39 is 10.0 Å². The Kier molecular flexibility index (Phi) is 4.55. The molecule has 1 fully saturated rings. The number of sulfonamides is 1. The van der Waals surface area contributed by atoms with Gasteiger partial charge in [-0.3, -0.25) is 9.78 Å². The van der Waals surface area contributed by atoms with E-state index in [0.29, 0.717) is 25.1 Å². The molecule has 1 aliphatic heterocycles. The maximum Gasteiger partial charge on any atom is 0.211 e. The van der Waals surface area contributed by atoms with E-state index in [0.717, 1.165) is 18.5 Å². The van der Waals surface area contributed by atoms with Crippen LogP contribution in [0.2, 0.25) is 0 Å². The summed E-state index contributed by atoms with van der Waals surface area (Å²) in [4.78, 5) is 16.4. The molecule has 1 aromatic heterocycles. The normalized spacial score (nSPS) is 20.8. The van der Waals surface area contributed by atoms with Gasteiger partial charge in [-0.05, 0) is 37.8 Å². The third-order valence-corrected chi connectivity index (χ3v) is 5.00. The first-order valence-electron chi connectivity index (χ1n) is 6.78. The molecule has 1 unspecified atom stereocenters. The van der Waals surface area contributed by atoms with E-state index >= 15 is 0 Å². The number of rotatable bonds is 4. The smallest absolute Gasteiger partial charge is 0.211 e. The van der Waals surface area contributed by atoms with Crippen molar-refractivity contribution < 1.29 is 13.2 Å². The van der Waals surface area contributed by atoms with Crippen LogP contribution in [-0.2, 0) is 10.0 Å². The Hall–Kier alpha value is -1.27. The minimum absolute atomic E-state index is 0.0518. The molecule has 1 saturated heterocycles. The summed E-state index contributed by atoms with van der Waals surface area (Å²) in [6, 6.07) is 3.53. The number of aryl methyl sites for hydroxylation is 1. The highest BCUT2D eigenvalue weighted by molar-refractivity contribution is 7.88. The molecule has 0 radical (unpaired) electrons. The van der Waals surface area contributed by atoms with Crippen molar-refractivity contribution in [3.05, 3.63) is 29.6 Å². The predicted octanol–water partition coefficient (Wildman–Crippen LogP) is 1.63. The van der Waals surface area contributed by atoms with Crippen LogP contribution in [-0.4, -0.2) is 42.8 Å². The molecule has 0 saturated carbocycles. The topological polar surface area (TPSA) is 67.3 Å². The van der Waals surface area contributed by atoms with Gasteiger partial charge in [-0.25, -0.2) is 12.7 Å². The fraction of sp³-hybridized carbons (Fsp3) is 0.571. The van der Waals surface area contributed by atoms with Crippen molar-refractivity contribution in [2.45, 2.75) is 26.2 Å². The lowest BCUT2D eigenvalue weighted by Crippen LogP contribution is -2.39. The van der Waals surface area contributed by atoms with Gasteiger partial charge >= 0.3 is 0 Å². The highest BCUT2D eigenvalue weighted by Crippen LogP contribution is 2.23. The van der Waals surface area contributed by atoms with Gasteiger partial charge in [0.05, 0.1) is 6.26 Å². The first kappa shape index (κ1) is 15.1. The van der Waals surface area contributed by atoms with E-state index in [2.05, 4.69) is 4.98 Å². The van der Waals surface area contributed by atoms with Crippen molar-refractivity contribution in [1.82, 2.24) is 9.29 Å². The van der Waals surface area contributed by atoms with Crippen molar-refractivity contribution in [2.24, 2.45) is 5.92 Å². The molecule has 0 amide bonds. The molecule has 0 bridgehead atoms. The fourth-order valence-electron chi connectivity index (χ4n) is 2.65. The maximum absolute atomic E-state index is 12.3. The Labute approximate surface area is 120 Å². The highest BCUT2D eigenvalue weighted by Gasteiger charge is 2.27. The zero-order chi connectivity index (χ0) is 14.8. The van der Waals surface area contributed by atoms with Crippen molar-refractivity contribution >= 4 is 15.8 Å². The number of carbonyl (C=O) groups is 1. The van der Waals surface area contributed by atoms with Crippen LogP contribution in [0, 0.1) is 12.8 Å². The number of pyridine rings is 1. The molecule has 1 aromatic rings. The number of Topliss-reactive ketones (excluding diaryl/α,β-unsaturated/α-hetero) is 1. The molecular formula is C14H20N2O3S. The molecule has 2 rings (SSSR count). The molecule has 0 aliphatic carbocycles. The first-order chi connectivity index (χ1) is 9.38. The van der Waals surface area contributed by atoms with Crippen LogP contribution in [0.15, 0.2) is 18.3 Å². The zero-order valence-electron chi connectivity index (χ0n) is 11.9. The zero-order valence-corrected chi connectivity index (χ0v) is 12.7. The number of carbonyl (C=O) groups excluding carboxylic acids is 1. The van der Waals surface area contributed by atoms with Gasteiger partial charge in [-0.1, -0.05) is 0 Å². The monoisotopic (exact) mass is 296 g/mol. The van der Waals surface area contributed by atoms with Gasteiger partial charge in [0.25, 0.3) is 0 Å². The Bertz CT molecular complexity index is 598. The summed E-state index contributed by atoms with van der Waals surface area (Å²) >= 11 is 0. The van der Waals surface area contributed by atoms with E-state index in [1.54, 1.807) is 18.3 Å². The summed E-state index contributed by atoms with van der Waals surface area (Å²) in [6.07, 6.45) is 4.99. The summed E-state index contributed by atoms with van der Waals surface area (Å²) < 4.78 is 24.6. The quantitative estimate of drug-likeness (QED) is 0.792. The largest absolute Gasteiger partial charge is 0.294 e. The average Bonchev–Trinajstić information content (AvgIpc) is 2.38. The average molecular weight is 296 g/mol. The third kappa shape index (κ3) is 3.64. The molecule has 2 heterocycles. The Morgan fingerprint density at radius 2 is 2.25 bits per heavy atom. The maximum atomic E-state index is 12.3. The Morgan fingerprint density at radius 3 is 2.90 bits per heavy atom. The van der Waals surface area contributed by atoms with Crippen LogP contribution in [0.25, 0.3) is 0 Å². The lowest BCUT2D eigenvalue weighted by Gasteiger charge is -2.30. The van der Waals surface area contributed by atoms with Crippen LogP contribution in [0.3, 0.4) is 0 Å². The number of hydrogen-bond acceptors (Lipinski definition) is 4. The molecule has 0 N–H and O–H groups in total. The molecule has 110 valence electrons. The fourth-order valence-corrected chi connectivity index (χ4v) is 3.59. The van der Waals surface area contributed by atoms with Crippen molar-refractivity contribution in [2.75, 3.05) is 19.3 Å². The Balaban J connectivity index is 2.03. The second-order valence-electron chi connectivity index (χ2n) is 5.39. The molecule has 5 nitrogen and oxygen atoms in total. The third-order valence-electron chi connectivity index (χ3n) is 3.73. The molecule has 0 spiro atoms. The van der Waals surface area contributed by atoms with Gasteiger partial charge in [0, 0.05) is 37.0 Å². The van der Waals surface area contributed by atoms with Crippen molar-refractivity contribution in [3.63, 3.8) is 0 Å². The van der Waals surface area contributed by atoms with Gasteiger partial charge in [0.15, 0.2) is 5.78 Å². The summed E-state index contributed by atoms with van der Waals surface area (Å²) in [5.74, 6) is 0.154. The predicted molar refractivity (Wildman–Crippen MR) is 77.1 cm³/mol.